The molecule has 1 rings (SSSR count). The maximum Gasteiger partial charge on any atom is 0.0615 e. The van der Waals surface area contributed by atoms with Crippen molar-refractivity contribution in [1.29, 1.82) is 0 Å². The first-order valence-corrected chi connectivity index (χ1v) is 6.88. The lowest BCUT2D eigenvalue weighted by Gasteiger charge is -2.16. The quantitative estimate of drug-likeness (QED) is 0.831. The Morgan fingerprint density at radius 2 is 2.40 bits per heavy atom. The highest BCUT2D eigenvalue weighted by atomic mass is 79.9. The Kier molecular flexibility index (Phi) is 6.48. The molecule has 4 heteroatoms. The van der Waals surface area contributed by atoms with Gasteiger partial charge < -0.3 is 10.1 Å². The molecular formula is C11H18BrNOS. The van der Waals surface area contributed by atoms with E-state index in [2.05, 4.69) is 39.6 Å². The zero-order valence-electron chi connectivity index (χ0n) is 9.25. The van der Waals surface area contributed by atoms with Crippen molar-refractivity contribution in [2.45, 2.75) is 32.4 Å². The van der Waals surface area contributed by atoms with Gasteiger partial charge in [-0.05, 0) is 28.4 Å². The van der Waals surface area contributed by atoms with E-state index < -0.39 is 0 Å². The highest BCUT2D eigenvalue weighted by Gasteiger charge is 2.07. The molecule has 0 aliphatic rings. The smallest absolute Gasteiger partial charge is 0.0615 e. The number of thiophene rings is 1. The SMILES string of the molecule is CCCC(COC)NCc1cc(Br)cs1. The van der Waals surface area contributed by atoms with Crippen molar-refractivity contribution in [3.8, 4) is 0 Å². The van der Waals surface area contributed by atoms with Crippen molar-refractivity contribution in [1.82, 2.24) is 5.32 Å². The van der Waals surface area contributed by atoms with E-state index in [0.717, 1.165) is 13.2 Å². The third kappa shape index (κ3) is 5.11. The third-order valence-corrected chi connectivity index (χ3v) is 3.89. The van der Waals surface area contributed by atoms with Crippen LogP contribution >= 0.6 is 27.3 Å². The summed E-state index contributed by atoms with van der Waals surface area (Å²) in [5, 5.41) is 5.63. The van der Waals surface area contributed by atoms with Gasteiger partial charge >= 0.3 is 0 Å². The van der Waals surface area contributed by atoms with Crippen molar-refractivity contribution in [2.75, 3.05) is 13.7 Å². The van der Waals surface area contributed by atoms with Crippen LogP contribution in [0, 0.1) is 0 Å². The summed E-state index contributed by atoms with van der Waals surface area (Å²) in [5.41, 5.74) is 0. The lowest BCUT2D eigenvalue weighted by molar-refractivity contribution is 0.161. The Hall–Kier alpha value is 0.1000. The maximum atomic E-state index is 5.18. The number of ether oxygens (including phenoxy) is 1. The average Bonchev–Trinajstić information content (AvgIpc) is 2.61. The van der Waals surface area contributed by atoms with Gasteiger partial charge in [0, 0.05) is 34.4 Å². The molecule has 0 aliphatic carbocycles. The van der Waals surface area contributed by atoms with E-state index in [1.807, 2.05) is 0 Å². The topological polar surface area (TPSA) is 21.3 Å². The first kappa shape index (κ1) is 13.2. The number of hydrogen-bond donors (Lipinski definition) is 1. The van der Waals surface area contributed by atoms with E-state index in [4.69, 9.17) is 4.74 Å². The number of halogens is 1. The van der Waals surface area contributed by atoms with Crippen LogP contribution in [0.3, 0.4) is 0 Å². The molecule has 0 aromatic carbocycles. The van der Waals surface area contributed by atoms with Crippen LogP contribution in [-0.4, -0.2) is 19.8 Å². The van der Waals surface area contributed by atoms with Crippen LogP contribution in [0.2, 0.25) is 0 Å². The molecule has 1 atom stereocenters. The average molecular weight is 292 g/mol. The molecular weight excluding hydrogens is 274 g/mol. The highest BCUT2D eigenvalue weighted by molar-refractivity contribution is 9.10. The molecule has 2 nitrogen and oxygen atoms in total. The van der Waals surface area contributed by atoms with Crippen LogP contribution in [0.5, 0.6) is 0 Å². The fraction of sp³-hybridized carbons (Fsp3) is 0.636. The molecule has 86 valence electrons. The van der Waals surface area contributed by atoms with Gasteiger partial charge in [0.1, 0.15) is 0 Å². The second-order valence-electron chi connectivity index (χ2n) is 3.55. The van der Waals surface area contributed by atoms with Gasteiger partial charge in [0.05, 0.1) is 6.61 Å². The van der Waals surface area contributed by atoms with Gasteiger partial charge in [-0.3, -0.25) is 0 Å². The maximum absolute atomic E-state index is 5.18. The van der Waals surface area contributed by atoms with Crippen molar-refractivity contribution < 1.29 is 4.74 Å². The minimum absolute atomic E-state index is 0.473. The molecule has 0 aliphatic heterocycles. The summed E-state index contributed by atoms with van der Waals surface area (Å²) >= 11 is 5.24. The predicted octanol–water partition coefficient (Wildman–Crippen LogP) is 3.42. The number of hydrogen-bond acceptors (Lipinski definition) is 3. The molecule has 0 radical (unpaired) electrons. The minimum atomic E-state index is 0.473. The van der Waals surface area contributed by atoms with E-state index in [-0.39, 0.29) is 0 Å². The first-order valence-electron chi connectivity index (χ1n) is 5.21. The third-order valence-electron chi connectivity index (χ3n) is 2.19. The van der Waals surface area contributed by atoms with Gasteiger partial charge in [-0.2, -0.15) is 0 Å². The van der Waals surface area contributed by atoms with E-state index in [0.29, 0.717) is 6.04 Å². The monoisotopic (exact) mass is 291 g/mol. The fourth-order valence-corrected chi connectivity index (χ4v) is 2.89. The molecule has 0 spiro atoms. The molecule has 1 unspecified atom stereocenters. The number of nitrogens with one attached hydrogen (secondary N) is 1. The second-order valence-corrected chi connectivity index (χ2v) is 5.46. The standard InChI is InChI=1S/C11H18BrNOS/c1-3-4-10(7-14-2)13-6-11-5-9(12)8-15-11/h5,8,10,13H,3-4,6-7H2,1-2H3. The summed E-state index contributed by atoms with van der Waals surface area (Å²) in [6, 6.07) is 2.63. The molecule has 15 heavy (non-hydrogen) atoms. The van der Waals surface area contributed by atoms with Crippen LogP contribution in [-0.2, 0) is 11.3 Å². The van der Waals surface area contributed by atoms with Gasteiger partial charge in [-0.15, -0.1) is 11.3 Å². The number of rotatable bonds is 7. The van der Waals surface area contributed by atoms with Crippen LogP contribution in [0.1, 0.15) is 24.6 Å². The Labute approximate surface area is 104 Å². The predicted molar refractivity (Wildman–Crippen MR) is 69.4 cm³/mol. The molecule has 1 aromatic rings. The molecule has 0 saturated carbocycles. The van der Waals surface area contributed by atoms with Crippen molar-refractivity contribution in [3.05, 3.63) is 20.8 Å². The van der Waals surface area contributed by atoms with Crippen molar-refractivity contribution in [2.24, 2.45) is 0 Å². The molecule has 1 aromatic heterocycles. The summed E-state index contributed by atoms with van der Waals surface area (Å²) < 4.78 is 6.35. The van der Waals surface area contributed by atoms with Crippen LogP contribution in [0.15, 0.2) is 15.9 Å². The van der Waals surface area contributed by atoms with Gasteiger partial charge in [0.15, 0.2) is 0 Å². The lowest BCUT2D eigenvalue weighted by Crippen LogP contribution is -2.32. The summed E-state index contributed by atoms with van der Waals surface area (Å²) in [4.78, 5) is 1.36. The lowest BCUT2D eigenvalue weighted by atomic mass is 10.2. The van der Waals surface area contributed by atoms with Crippen molar-refractivity contribution >= 4 is 27.3 Å². The first-order chi connectivity index (χ1) is 7.26. The largest absolute Gasteiger partial charge is 0.383 e. The van der Waals surface area contributed by atoms with Crippen LogP contribution in [0.4, 0.5) is 0 Å². The van der Waals surface area contributed by atoms with E-state index in [1.54, 1.807) is 18.4 Å². The summed E-state index contributed by atoms with van der Waals surface area (Å²) in [5.74, 6) is 0. The minimum Gasteiger partial charge on any atom is -0.383 e. The Morgan fingerprint density at radius 3 is 2.93 bits per heavy atom. The molecule has 0 bridgehead atoms. The Bertz CT molecular complexity index is 271. The highest BCUT2D eigenvalue weighted by Crippen LogP contribution is 2.19. The fourth-order valence-electron chi connectivity index (χ4n) is 1.49. The van der Waals surface area contributed by atoms with Gasteiger partial charge in [0.25, 0.3) is 0 Å². The molecule has 0 fully saturated rings. The Morgan fingerprint density at radius 1 is 1.60 bits per heavy atom. The molecule has 1 N–H and O–H groups in total. The summed E-state index contributed by atoms with van der Waals surface area (Å²) in [6.07, 6.45) is 2.36. The van der Waals surface area contributed by atoms with Gasteiger partial charge in [-0.1, -0.05) is 13.3 Å². The van der Waals surface area contributed by atoms with E-state index >= 15 is 0 Å². The molecule has 0 amide bonds. The van der Waals surface area contributed by atoms with Crippen LogP contribution in [0.25, 0.3) is 0 Å². The molecule has 1 heterocycles. The van der Waals surface area contributed by atoms with E-state index in [1.165, 1.54) is 22.2 Å². The Balaban J connectivity index is 2.32. The number of methoxy groups -OCH3 is 1. The van der Waals surface area contributed by atoms with Gasteiger partial charge in [-0.25, -0.2) is 0 Å². The normalized spacial score (nSPS) is 13.0. The second kappa shape index (κ2) is 7.39. The van der Waals surface area contributed by atoms with Crippen molar-refractivity contribution in [3.63, 3.8) is 0 Å². The van der Waals surface area contributed by atoms with E-state index in [9.17, 15) is 0 Å². The van der Waals surface area contributed by atoms with Crippen LogP contribution < -0.4 is 5.32 Å². The molecule has 0 saturated heterocycles. The zero-order chi connectivity index (χ0) is 11.1. The summed E-state index contributed by atoms with van der Waals surface area (Å²) in [7, 11) is 1.76. The zero-order valence-corrected chi connectivity index (χ0v) is 11.7. The van der Waals surface area contributed by atoms with Gasteiger partial charge in [0.2, 0.25) is 0 Å². The summed E-state index contributed by atoms with van der Waals surface area (Å²) in [6.45, 7) is 3.93.